The van der Waals surface area contributed by atoms with E-state index >= 15 is 0 Å². The van der Waals surface area contributed by atoms with E-state index in [2.05, 4.69) is 5.16 Å². The monoisotopic (exact) mass is 488 g/mol. The maximum Gasteiger partial charge on any atom is 0.347 e. The molecule has 1 fully saturated rings. The minimum absolute atomic E-state index is 0.132. The maximum atomic E-state index is 12.6. The van der Waals surface area contributed by atoms with Gasteiger partial charge in [-0.3, -0.25) is 4.79 Å². The number of sulfonamides is 1. The Balaban J connectivity index is 1.24. The summed E-state index contributed by atoms with van der Waals surface area (Å²) in [5.41, 5.74) is 1.50. The molecule has 2 aromatic rings. The van der Waals surface area contributed by atoms with Crippen molar-refractivity contribution in [2.45, 2.75) is 24.7 Å². The lowest BCUT2D eigenvalue weighted by atomic mass is 10.1. The highest BCUT2D eigenvalue weighted by atomic mass is 32.2. The third-order valence-electron chi connectivity index (χ3n) is 5.42. The van der Waals surface area contributed by atoms with Gasteiger partial charge in [0.05, 0.1) is 10.6 Å². The van der Waals surface area contributed by atoms with Crippen molar-refractivity contribution in [3.05, 3.63) is 53.6 Å². The third kappa shape index (κ3) is 5.37. The Kier molecular flexibility index (Phi) is 7.13. The van der Waals surface area contributed by atoms with Crippen LogP contribution in [0.5, 0.6) is 11.5 Å². The molecule has 11 heteroatoms. The molecule has 2 aliphatic heterocycles. The molecule has 2 aliphatic rings. The minimum atomic E-state index is -3.55. The average molecular weight is 489 g/mol. The molecule has 0 spiro atoms. The van der Waals surface area contributed by atoms with Crippen LogP contribution in [0.25, 0.3) is 0 Å². The molecule has 1 saturated heterocycles. The van der Waals surface area contributed by atoms with Crippen molar-refractivity contribution >= 4 is 27.5 Å². The predicted octanol–water partition coefficient (Wildman–Crippen LogP) is 2.37. The highest BCUT2D eigenvalue weighted by molar-refractivity contribution is 7.89. The molecule has 0 unspecified atom stereocenters. The highest BCUT2D eigenvalue weighted by Gasteiger charge is 2.27. The molecule has 34 heavy (non-hydrogen) atoms. The second-order valence-electron chi connectivity index (χ2n) is 7.74. The summed E-state index contributed by atoms with van der Waals surface area (Å²) in [6, 6.07) is 10.9. The molecule has 0 atom stereocenters. The number of fused-ring (bicyclic) bond motifs is 1. The van der Waals surface area contributed by atoms with Gasteiger partial charge in [0, 0.05) is 24.2 Å². The predicted molar refractivity (Wildman–Crippen MR) is 120 cm³/mol. The van der Waals surface area contributed by atoms with Crippen molar-refractivity contribution < 1.29 is 37.1 Å². The molecule has 2 heterocycles. The summed E-state index contributed by atoms with van der Waals surface area (Å²) in [5, 5.41) is 3.88. The number of ketones is 1. The number of Topliss-reactive ketones (excluding diaryl/α,β-unsaturated/α-hetero) is 1. The van der Waals surface area contributed by atoms with Crippen LogP contribution in [0, 0.1) is 0 Å². The minimum Gasteiger partial charge on any atom is -0.455 e. The number of carbonyl (C=O) groups excluding carboxylic acids is 2. The molecular formula is C23H24N2O8S. The van der Waals surface area contributed by atoms with Gasteiger partial charge in [-0.15, -0.1) is 0 Å². The lowest BCUT2D eigenvalue weighted by molar-refractivity contribution is -0.147. The lowest BCUT2D eigenvalue weighted by Gasteiger charge is -2.15. The Hall–Kier alpha value is -3.44. The smallest absolute Gasteiger partial charge is 0.347 e. The van der Waals surface area contributed by atoms with Gasteiger partial charge in [0.25, 0.3) is 0 Å². The van der Waals surface area contributed by atoms with E-state index in [1.807, 2.05) is 0 Å². The molecule has 0 saturated carbocycles. The quantitative estimate of drug-likeness (QED) is 0.228. The Morgan fingerprint density at radius 3 is 2.38 bits per heavy atom. The van der Waals surface area contributed by atoms with Gasteiger partial charge in [-0.25, -0.2) is 13.2 Å². The van der Waals surface area contributed by atoms with E-state index in [1.165, 1.54) is 28.6 Å². The first-order valence-electron chi connectivity index (χ1n) is 10.7. The number of benzene rings is 2. The Labute approximate surface area is 197 Å². The van der Waals surface area contributed by atoms with Gasteiger partial charge in [-0.2, -0.15) is 4.31 Å². The topological polar surface area (TPSA) is 121 Å². The second-order valence-corrected chi connectivity index (χ2v) is 9.68. The molecular weight excluding hydrogens is 464 g/mol. The van der Waals surface area contributed by atoms with E-state index in [0.717, 1.165) is 18.4 Å². The molecule has 0 radical (unpaired) electrons. The van der Waals surface area contributed by atoms with Crippen LogP contribution < -0.4 is 9.47 Å². The van der Waals surface area contributed by atoms with Gasteiger partial charge in [0.15, 0.2) is 23.9 Å². The first kappa shape index (κ1) is 23.7. The van der Waals surface area contributed by atoms with E-state index in [9.17, 15) is 18.0 Å². The number of carbonyl (C=O) groups is 2. The SMILES string of the molecule is C/C(=N/OCC(=O)OCC(=O)c1ccc(S(=O)(=O)N2CCCC2)cc1)c1ccc2c(c1)OCO2. The van der Waals surface area contributed by atoms with Crippen LogP contribution in [0.15, 0.2) is 52.5 Å². The van der Waals surface area contributed by atoms with Crippen molar-refractivity contribution in [3.63, 3.8) is 0 Å². The zero-order chi connectivity index (χ0) is 24.1. The number of hydrogen-bond donors (Lipinski definition) is 0. The number of nitrogens with zero attached hydrogens (tertiary/aromatic N) is 2. The zero-order valence-electron chi connectivity index (χ0n) is 18.6. The van der Waals surface area contributed by atoms with Crippen molar-refractivity contribution in [1.82, 2.24) is 4.31 Å². The number of ether oxygens (including phenoxy) is 3. The van der Waals surface area contributed by atoms with Crippen molar-refractivity contribution in [2.75, 3.05) is 33.1 Å². The second kappa shape index (κ2) is 10.2. The molecule has 2 aromatic carbocycles. The molecule has 4 rings (SSSR count). The lowest BCUT2D eigenvalue weighted by Crippen LogP contribution is -2.27. The van der Waals surface area contributed by atoms with Crippen molar-refractivity contribution in [1.29, 1.82) is 0 Å². The first-order chi connectivity index (χ1) is 16.3. The molecule has 0 aliphatic carbocycles. The van der Waals surface area contributed by atoms with Crippen LogP contribution in [0.2, 0.25) is 0 Å². The van der Waals surface area contributed by atoms with Gasteiger partial charge in [0.2, 0.25) is 23.4 Å². The van der Waals surface area contributed by atoms with Crippen LogP contribution in [0.1, 0.15) is 35.7 Å². The van der Waals surface area contributed by atoms with E-state index in [-0.39, 0.29) is 17.3 Å². The maximum absolute atomic E-state index is 12.6. The van der Waals surface area contributed by atoms with Gasteiger partial charge in [-0.1, -0.05) is 5.16 Å². The molecule has 0 bridgehead atoms. The molecule has 10 nitrogen and oxygen atoms in total. The van der Waals surface area contributed by atoms with Gasteiger partial charge < -0.3 is 19.0 Å². The summed E-state index contributed by atoms with van der Waals surface area (Å²) < 4.78 is 42.0. The van der Waals surface area contributed by atoms with Crippen LogP contribution in [-0.4, -0.2) is 63.3 Å². The Morgan fingerprint density at radius 1 is 0.971 bits per heavy atom. The summed E-state index contributed by atoms with van der Waals surface area (Å²) in [6.45, 7) is 1.91. The van der Waals surface area contributed by atoms with E-state index in [0.29, 0.717) is 30.3 Å². The van der Waals surface area contributed by atoms with Crippen LogP contribution in [0.3, 0.4) is 0 Å². The van der Waals surface area contributed by atoms with E-state index in [1.54, 1.807) is 25.1 Å². The normalized spacial score (nSPS) is 15.9. The average Bonchev–Trinajstić information content (AvgIpc) is 3.54. The largest absolute Gasteiger partial charge is 0.455 e. The van der Waals surface area contributed by atoms with Crippen molar-refractivity contribution in [3.8, 4) is 11.5 Å². The Morgan fingerprint density at radius 2 is 1.65 bits per heavy atom. The molecule has 0 amide bonds. The van der Waals surface area contributed by atoms with Gasteiger partial charge >= 0.3 is 5.97 Å². The van der Waals surface area contributed by atoms with Gasteiger partial charge in [0.1, 0.15) is 0 Å². The summed E-state index contributed by atoms with van der Waals surface area (Å²) in [7, 11) is -3.55. The molecule has 0 aromatic heterocycles. The van der Waals surface area contributed by atoms with Crippen LogP contribution in [0.4, 0.5) is 0 Å². The standard InChI is InChI=1S/C23H24N2O8S/c1-16(18-6-9-21-22(12-18)32-15-31-21)24-33-14-23(27)30-13-20(26)17-4-7-19(8-5-17)34(28,29)25-10-2-3-11-25/h4-9,12H,2-3,10-11,13-15H2,1H3/b24-16-. The van der Waals surface area contributed by atoms with Crippen molar-refractivity contribution in [2.24, 2.45) is 5.16 Å². The van der Waals surface area contributed by atoms with E-state index < -0.39 is 35.0 Å². The van der Waals surface area contributed by atoms with E-state index in [4.69, 9.17) is 19.0 Å². The van der Waals surface area contributed by atoms with Crippen LogP contribution >= 0.6 is 0 Å². The summed E-state index contributed by atoms with van der Waals surface area (Å²) in [6.07, 6.45) is 1.68. The Bertz CT molecular complexity index is 1200. The summed E-state index contributed by atoms with van der Waals surface area (Å²) >= 11 is 0. The summed E-state index contributed by atoms with van der Waals surface area (Å²) in [5.74, 6) is 0.0301. The molecule has 0 N–H and O–H groups in total. The molecule has 180 valence electrons. The zero-order valence-corrected chi connectivity index (χ0v) is 19.4. The number of oxime groups is 1. The van der Waals surface area contributed by atoms with Gasteiger partial charge in [-0.05, 0) is 62.2 Å². The fraction of sp³-hybridized carbons (Fsp3) is 0.348. The number of hydrogen-bond acceptors (Lipinski definition) is 9. The van der Waals surface area contributed by atoms with Crippen LogP contribution in [-0.2, 0) is 24.4 Å². The highest BCUT2D eigenvalue weighted by Crippen LogP contribution is 2.32. The number of esters is 1. The third-order valence-corrected chi connectivity index (χ3v) is 7.33. The first-order valence-corrected chi connectivity index (χ1v) is 12.1. The fourth-order valence-corrected chi connectivity index (χ4v) is 5.03. The summed E-state index contributed by atoms with van der Waals surface area (Å²) in [4.78, 5) is 29.4. The fourth-order valence-electron chi connectivity index (χ4n) is 3.52. The number of rotatable bonds is 9.